The molecule has 3 rings (SSSR count). The van der Waals surface area contributed by atoms with Gasteiger partial charge in [0.05, 0.1) is 5.69 Å². The quantitative estimate of drug-likeness (QED) is 0.721. The van der Waals surface area contributed by atoms with Gasteiger partial charge in [-0.1, -0.05) is 48.5 Å². The van der Waals surface area contributed by atoms with Crippen molar-refractivity contribution in [1.82, 2.24) is 15.8 Å². The molecule has 0 saturated heterocycles. The highest BCUT2D eigenvalue weighted by Crippen LogP contribution is 2.27. The van der Waals surface area contributed by atoms with Crippen LogP contribution in [0, 0.1) is 6.92 Å². The van der Waals surface area contributed by atoms with Crippen molar-refractivity contribution in [2.75, 3.05) is 0 Å². The van der Waals surface area contributed by atoms with Gasteiger partial charge in [0.1, 0.15) is 9.88 Å². The molecule has 3 aromatic rings. The van der Waals surface area contributed by atoms with E-state index in [2.05, 4.69) is 15.8 Å². The van der Waals surface area contributed by atoms with E-state index >= 15 is 0 Å². The molecular formula is C18H15N3O2S. The number of hydrogen-bond donors (Lipinski definition) is 2. The minimum Gasteiger partial charge on any atom is -0.267 e. The Bertz CT molecular complexity index is 860. The Hall–Kier alpha value is -2.99. The topological polar surface area (TPSA) is 71.1 Å². The van der Waals surface area contributed by atoms with Crippen LogP contribution < -0.4 is 10.9 Å². The van der Waals surface area contributed by atoms with Crippen molar-refractivity contribution in [2.45, 2.75) is 6.92 Å². The molecule has 0 aliphatic carbocycles. The third kappa shape index (κ3) is 3.49. The fourth-order valence-electron chi connectivity index (χ4n) is 2.14. The lowest BCUT2D eigenvalue weighted by atomic mass is 10.2. The summed E-state index contributed by atoms with van der Waals surface area (Å²) in [6.45, 7) is 1.77. The number of benzene rings is 2. The van der Waals surface area contributed by atoms with E-state index in [0.717, 1.165) is 10.6 Å². The summed E-state index contributed by atoms with van der Waals surface area (Å²) in [6.07, 6.45) is 0. The van der Waals surface area contributed by atoms with E-state index in [1.165, 1.54) is 11.3 Å². The molecule has 0 spiro atoms. The molecule has 6 heteroatoms. The van der Waals surface area contributed by atoms with E-state index in [4.69, 9.17) is 0 Å². The molecule has 5 nitrogen and oxygen atoms in total. The minimum absolute atomic E-state index is 0.366. The second-order valence-corrected chi connectivity index (χ2v) is 6.07. The Labute approximate surface area is 143 Å². The van der Waals surface area contributed by atoms with Gasteiger partial charge in [-0.25, -0.2) is 4.98 Å². The van der Waals surface area contributed by atoms with Gasteiger partial charge in [-0.15, -0.1) is 11.3 Å². The van der Waals surface area contributed by atoms with Gasteiger partial charge in [-0.3, -0.25) is 20.4 Å². The van der Waals surface area contributed by atoms with E-state index in [1.54, 1.807) is 31.2 Å². The smallest absolute Gasteiger partial charge is 0.267 e. The normalized spacial score (nSPS) is 10.2. The summed E-state index contributed by atoms with van der Waals surface area (Å²) in [6, 6.07) is 18.3. The first-order valence-corrected chi connectivity index (χ1v) is 8.15. The average Bonchev–Trinajstić information content (AvgIpc) is 3.03. The third-order valence-corrected chi connectivity index (χ3v) is 4.55. The molecule has 2 N–H and O–H groups in total. The van der Waals surface area contributed by atoms with Crippen LogP contribution in [0.5, 0.6) is 0 Å². The number of rotatable bonds is 3. The lowest BCUT2D eigenvalue weighted by molar-refractivity contribution is 0.0848. The lowest BCUT2D eigenvalue weighted by Gasteiger charge is -2.06. The van der Waals surface area contributed by atoms with Crippen LogP contribution in [0.25, 0.3) is 10.6 Å². The second-order valence-electron chi connectivity index (χ2n) is 5.07. The molecule has 0 aliphatic heterocycles. The maximum atomic E-state index is 12.3. The highest BCUT2D eigenvalue weighted by Gasteiger charge is 2.17. The monoisotopic (exact) mass is 337 g/mol. The maximum absolute atomic E-state index is 12.3. The molecule has 24 heavy (non-hydrogen) atoms. The van der Waals surface area contributed by atoms with Gasteiger partial charge in [0, 0.05) is 11.1 Å². The summed E-state index contributed by atoms with van der Waals surface area (Å²) in [5.41, 5.74) is 6.91. The summed E-state index contributed by atoms with van der Waals surface area (Å²) < 4.78 is 0. The summed E-state index contributed by atoms with van der Waals surface area (Å²) in [7, 11) is 0. The van der Waals surface area contributed by atoms with E-state index in [0.29, 0.717) is 16.1 Å². The van der Waals surface area contributed by atoms with Crippen LogP contribution in [0.15, 0.2) is 60.7 Å². The fraction of sp³-hybridized carbons (Fsp3) is 0.0556. The van der Waals surface area contributed by atoms with Crippen LogP contribution in [-0.2, 0) is 0 Å². The summed E-state index contributed by atoms with van der Waals surface area (Å²) in [5.74, 6) is -0.745. The van der Waals surface area contributed by atoms with E-state index < -0.39 is 0 Å². The fourth-order valence-corrected chi connectivity index (χ4v) is 3.11. The van der Waals surface area contributed by atoms with E-state index in [9.17, 15) is 9.59 Å². The predicted molar refractivity (Wildman–Crippen MR) is 93.7 cm³/mol. The molecule has 2 amide bonds. The Balaban J connectivity index is 1.70. The summed E-state index contributed by atoms with van der Waals surface area (Å²) in [4.78, 5) is 29.2. The Morgan fingerprint density at radius 2 is 1.46 bits per heavy atom. The van der Waals surface area contributed by atoms with Gasteiger partial charge in [0.2, 0.25) is 0 Å². The minimum atomic E-state index is -0.378. The molecular weight excluding hydrogens is 322 g/mol. The van der Waals surface area contributed by atoms with Crippen LogP contribution in [0.2, 0.25) is 0 Å². The van der Waals surface area contributed by atoms with Crippen LogP contribution in [0.3, 0.4) is 0 Å². The first-order valence-electron chi connectivity index (χ1n) is 7.34. The highest BCUT2D eigenvalue weighted by molar-refractivity contribution is 7.17. The summed E-state index contributed by atoms with van der Waals surface area (Å²) >= 11 is 1.29. The molecule has 1 heterocycles. The number of aryl methyl sites for hydroxylation is 1. The van der Waals surface area contributed by atoms with Crippen molar-refractivity contribution < 1.29 is 9.59 Å². The second kappa shape index (κ2) is 7.06. The zero-order valence-corrected chi connectivity index (χ0v) is 13.8. The van der Waals surface area contributed by atoms with Gasteiger partial charge in [-0.2, -0.15) is 0 Å². The lowest BCUT2D eigenvalue weighted by Crippen LogP contribution is -2.41. The zero-order valence-electron chi connectivity index (χ0n) is 12.9. The first-order chi connectivity index (χ1) is 11.6. The molecule has 0 unspecified atom stereocenters. The Morgan fingerprint density at radius 3 is 2.12 bits per heavy atom. The molecule has 0 aliphatic rings. The van der Waals surface area contributed by atoms with Crippen molar-refractivity contribution in [3.63, 3.8) is 0 Å². The number of nitrogens with zero attached hydrogens (tertiary/aromatic N) is 1. The maximum Gasteiger partial charge on any atom is 0.281 e. The number of hydrogen-bond acceptors (Lipinski definition) is 4. The molecule has 0 saturated carbocycles. The van der Waals surface area contributed by atoms with Crippen molar-refractivity contribution >= 4 is 23.2 Å². The zero-order chi connectivity index (χ0) is 16.9. The van der Waals surface area contributed by atoms with Gasteiger partial charge in [0.15, 0.2) is 0 Å². The SMILES string of the molecule is Cc1nc(-c2ccccc2)sc1C(=O)NNC(=O)c1ccccc1. The molecule has 0 bridgehead atoms. The molecule has 2 aromatic carbocycles. The van der Waals surface area contributed by atoms with Crippen LogP contribution >= 0.6 is 11.3 Å². The average molecular weight is 337 g/mol. The van der Waals surface area contributed by atoms with Crippen LogP contribution in [0.4, 0.5) is 0 Å². The van der Waals surface area contributed by atoms with Crippen LogP contribution in [0.1, 0.15) is 25.7 Å². The molecule has 0 fully saturated rings. The number of carbonyl (C=O) groups excluding carboxylic acids is 2. The van der Waals surface area contributed by atoms with Gasteiger partial charge < -0.3 is 0 Å². The van der Waals surface area contributed by atoms with Crippen molar-refractivity contribution in [3.05, 3.63) is 76.8 Å². The summed E-state index contributed by atoms with van der Waals surface area (Å²) in [5, 5.41) is 0.771. The van der Waals surface area contributed by atoms with E-state index in [1.807, 2.05) is 36.4 Å². The van der Waals surface area contributed by atoms with Gasteiger partial charge in [0.25, 0.3) is 11.8 Å². The highest BCUT2D eigenvalue weighted by atomic mass is 32.1. The third-order valence-electron chi connectivity index (χ3n) is 3.35. The number of thiazole rings is 1. The van der Waals surface area contributed by atoms with E-state index in [-0.39, 0.29) is 11.8 Å². The molecule has 1 aromatic heterocycles. The van der Waals surface area contributed by atoms with Crippen molar-refractivity contribution in [3.8, 4) is 10.6 Å². The molecule has 0 atom stereocenters. The largest absolute Gasteiger partial charge is 0.281 e. The molecule has 0 radical (unpaired) electrons. The number of hydrazine groups is 1. The number of carbonyl (C=O) groups is 2. The van der Waals surface area contributed by atoms with Crippen molar-refractivity contribution in [1.29, 1.82) is 0 Å². The Morgan fingerprint density at radius 1 is 0.875 bits per heavy atom. The number of aromatic nitrogens is 1. The first kappa shape index (κ1) is 15.9. The standard InChI is InChI=1S/C18H15N3O2S/c1-12-15(24-18(19-12)14-10-6-3-7-11-14)17(23)21-20-16(22)13-8-4-2-5-9-13/h2-11H,1H3,(H,20,22)(H,21,23). The number of nitrogens with one attached hydrogen (secondary N) is 2. The predicted octanol–water partition coefficient (Wildman–Crippen LogP) is 3.19. The van der Waals surface area contributed by atoms with Crippen LogP contribution in [-0.4, -0.2) is 16.8 Å². The van der Waals surface area contributed by atoms with Gasteiger partial charge >= 0.3 is 0 Å². The van der Waals surface area contributed by atoms with Gasteiger partial charge in [-0.05, 0) is 19.1 Å². The van der Waals surface area contributed by atoms with Crippen molar-refractivity contribution in [2.24, 2.45) is 0 Å². The molecule has 120 valence electrons. The number of amides is 2. The Kier molecular flexibility index (Phi) is 4.67.